The van der Waals surface area contributed by atoms with Gasteiger partial charge in [0.25, 0.3) is 5.91 Å². The largest absolute Gasteiger partial charge is 0.478 e. The highest BCUT2D eigenvalue weighted by Crippen LogP contribution is 2.21. The van der Waals surface area contributed by atoms with Crippen LogP contribution in [0.15, 0.2) is 46.9 Å². The van der Waals surface area contributed by atoms with Gasteiger partial charge in [-0.3, -0.25) is 4.79 Å². The highest BCUT2D eigenvalue weighted by Gasteiger charge is 2.11. The molecule has 102 valence electrons. The van der Waals surface area contributed by atoms with E-state index < -0.39 is 17.7 Å². The predicted molar refractivity (Wildman–Crippen MR) is 75.5 cm³/mol. The third-order valence-electron chi connectivity index (χ3n) is 2.54. The zero-order valence-electron chi connectivity index (χ0n) is 10.1. The highest BCUT2D eigenvalue weighted by molar-refractivity contribution is 9.10. The zero-order chi connectivity index (χ0) is 14.7. The minimum absolute atomic E-state index is 0.0297. The fourth-order valence-electron chi connectivity index (χ4n) is 1.60. The Bertz CT molecular complexity index is 688. The number of carboxylic acid groups (broad SMARTS) is 1. The molecule has 0 bridgehead atoms. The lowest BCUT2D eigenvalue weighted by Crippen LogP contribution is -2.12. The van der Waals surface area contributed by atoms with Crippen molar-refractivity contribution in [2.24, 2.45) is 0 Å². The predicted octanol–water partition coefficient (Wildman–Crippen LogP) is 3.54. The standard InChI is InChI=1S/C14H9BrFNO3/c15-12-5-4-10(7-11(12)14(19)20)17-13(18)8-2-1-3-9(16)6-8/h1-7H,(H,17,18)(H,19,20). The number of carbonyl (C=O) groups is 2. The number of carbonyl (C=O) groups excluding carboxylic acids is 1. The minimum atomic E-state index is -1.11. The molecule has 2 aromatic rings. The van der Waals surface area contributed by atoms with Crippen LogP contribution in [0.1, 0.15) is 20.7 Å². The number of hydrogen-bond acceptors (Lipinski definition) is 2. The summed E-state index contributed by atoms with van der Waals surface area (Å²) in [5.41, 5.74) is 0.506. The smallest absolute Gasteiger partial charge is 0.336 e. The first-order valence-corrected chi connectivity index (χ1v) is 6.36. The topological polar surface area (TPSA) is 66.4 Å². The van der Waals surface area contributed by atoms with Crippen molar-refractivity contribution in [3.63, 3.8) is 0 Å². The lowest BCUT2D eigenvalue weighted by molar-refractivity contribution is 0.0695. The number of amides is 1. The Morgan fingerprint density at radius 1 is 1.15 bits per heavy atom. The number of aromatic carboxylic acids is 1. The molecule has 0 saturated carbocycles. The van der Waals surface area contributed by atoms with E-state index in [1.54, 1.807) is 6.07 Å². The van der Waals surface area contributed by atoms with E-state index in [2.05, 4.69) is 21.2 Å². The first-order valence-electron chi connectivity index (χ1n) is 5.57. The van der Waals surface area contributed by atoms with E-state index in [0.717, 1.165) is 6.07 Å². The summed E-state index contributed by atoms with van der Waals surface area (Å²) in [6.07, 6.45) is 0. The molecule has 1 amide bonds. The Labute approximate surface area is 122 Å². The minimum Gasteiger partial charge on any atom is -0.478 e. The molecule has 0 aliphatic heterocycles. The summed E-state index contributed by atoms with van der Waals surface area (Å²) in [4.78, 5) is 22.9. The Morgan fingerprint density at radius 2 is 1.90 bits per heavy atom. The van der Waals surface area contributed by atoms with E-state index >= 15 is 0 Å². The maximum absolute atomic E-state index is 13.0. The van der Waals surface area contributed by atoms with Gasteiger partial charge >= 0.3 is 5.97 Å². The number of carboxylic acids is 1. The highest BCUT2D eigenvalue weighted by atomic mass is 79.9. The molecule has 0 heterocycles. The van der Waals surface area contributed by atoms with Crippen LogP contribution in [0.3, 0.4) is 0 Å². The van der Waals surface area contributed by atoms with Crippen molar-refractivity contribution in [2.75, 3.05) is 5.32 Å². The van der Waals surface area contributed by atoms with Gasteiger partial charge in [-0.1, -0.05) is 6.07 Å². The van der Waals surface area contributed by atoms with E-state index in [1.165, 1.54) is 30.3 Å². The van der Waals surface area contributed by atoms with Gasteiger partial charge in [-0.05, 0) is 52.3 Å². The van der Waals surface area contributed by atoms with Crippen LogP contribution in [0, 0.1) is 5.82 Å². The number of anilines is 1. The summed E-state index contributed by atoms with van der Waals surface area (Å²) < 4.78 is 13.4. The molecule has 2 rings (SSSR count). The number of nitrogens with one attached hydrogen (secondary N) is 1. The van der Waals surface area contributed by atoms with Crippen molar-refractivity contribution in [1.82, 2.24) is 0 Å². The number of hydrogen-bond donors (Lipinski definition) is 2. The van der Waals surface area contributed by atoms with Crippen molar-refractivity contribution >= 4 is 33.5 Å². The number of halogens is 2. The third kappa shape index (κ3) is 3.21. The molecule has 0 spiro atoms. The van der Waals surface area contributed by atoms with Crippen LogP contribution in [0.25, 0.3) is 0 Å². The molecule has 0 unspecified atom stereocenters. The fourth-order valence-corrected chi connectivity index (χ4v) is 2.02. The van der Waals surface area contributed by atoms with Gasteiger partial charge in [0.1, 0.15) is 5.82 Å². The molecule has 6 heteroatoms. The average molecular weight is 338 g/mol. The molecule has 0 aliphatic rings. The molecular weight excluding hydrogens is 329 g/mol. The van der Waals surface area contributed by atoms with Crippen molar-refractivity contribution in [3.05, 3.63) is 63.9 Å². The van der Waals surface area contributed by atoms with Crippen LogP contribution in [0.2, 0.25) is 0 Å². The molecule has 0 fully saturated rings. The zero-order valence-corrected chi connectivity index (χ0v) is 11.6. The Kier molecular flexibility index (Phi) is 4.14. The van der Waals surface area contributed by atoms with Crippen LogP contribution >= 0.6 is 15.9 Å². The van der Waals surface area contributed by atoms with Gasteiger partial charge < -0.3 is 10.4 Å². The van der Waals surface area contributed by atoms with Crippen molar-refractivity contribution < 1.29 is 19.1 Å². The second-order valence-corrected chi connectivity index (χ2v) is 4.82. The molecule has 0 atom stereocenters. The van der Waals surface area contributed by atoms with Gasteiger partial charge in [-0.2, -0.15) is 0 Å². The summed E-state index contributed by atoms with van der Waals surface area (Å²) >= 11 is 3.11. The maximum Gasteiger partial charge on any atom is 0.336 e. The van der Waals surface area contributed by atoms with Crippen LogP contribution in [-0.4, -0.2) is 17.0 Å². The van der Waals surface area contributed by atoms with E-state index in [0.29, 0.717) is 10.2 Å². The Morgan fingerprint density at radius 3 is 2.55 bits per heavy atom. The normalized spacial score (nSPS) is 10.1. The molecular formula is C14H9BrFNO3. The quantitative estimate of drug-likeness (QED) is 0.900. The van der Waals surface area contributed by atoms with E-state index in [-0.39, 0.29) is 11.1 Å². The van der Waals surface area contributed by atoms with Gasteiger partial charge in [0.05, 0.1) is 5.56 Å². The van der Waals surface area contributed by atoms with Crippen molar-refractivity contribution in [1.29, 1.82) is 0 Å². The van der Waals surface area contributed by atoms with E-state index in [1.807, 2.05) is 0 Å². The first-order chi connectivity index (χ1) is 9.47. The number of benzene rings is 2. The van der Waals surface area contributed by atoms with Gasteiger partial charge in [-0.25, -0.2) is 9.18 Å². The van der Waals surface area contributed by atoms with Gasteiger partial charge in [0, 0.05) is 15.7 Å². The van der Waals surface area contributed by atoms with Crippen LogP contribution in [-0.2, 0) is 0 Å². The molecule has 20 heavy (non-hydrogen) atoms. The molecule has 4 nitrogen and oxygen atoms in total. The lowest BCUT2D eigenvalue weighted by atomic mass is 10.1. The molecule has 0 aromatic heterocycles. The summed E-state index contributed by atoms with van der Waals surface area (Å²) in [6, 6.07) is 9.62. The second kappa shape index (κ2) is 5.83. The van der Waals surface area contributed by atoms with Gasteiger partial charge in [-0.15, -0.1) is 0 Å². The second-order valence-electron chi connectivity index (χ2n) is 3.96. The number of rotatable bonds is 3. The van der Waals surface area contributed by atoms with Crippen LogP contribution in [0.5, 0.6) is 0 Å². The van der Waals surface area contributed by atoms with E-state index in [4.69, 9.17) is 5.11 Å². The molecule has 2 N–H and O–H groups in total. The summed E-state index contributed by atoms with van der Waals surface area (Å²) in [7, 11) is 0. The third-order valence-corrected chi connectivity index (χ3v) is 3.23. The SMILES string of the molecule is O=C(Nc1ccc(Br)c(C(=O)O)c1)c1cccc(F)c1. The summed E-state index contributed by atoms with van der Waals surface area (Å²) in [5, 5.41) is 11.5. The molecule has 0 saturated heterocycles. The molecule has 0 radical (unpaired) electrons. The summed E-state index contributed by atoms with van der Waals surface area (Å²) in [5.74, 6) is -2.14. The van der Waals surface area contributed by atoms with Gasteiger partial charge in [0.15, 0.2) is 0 Å². The molecule has 0 aliphatic carbocycles. The van der Waals surface area contributed by atoms with Crippen molar-refractivity contribution in [3.8, 4) is 0 Å². The van der Waals surface area contributed by atoms with Crippen LogP contribution in [0.4, 0.5) is 10.1 Å². The average Bonchev–Trinajstić information content (AvgIpc) is 2.40. The fraction of sp³-hybridized carbons (Fsp3) is 0. The maximum atomic E-state index is 13.0. The van der Waals surface area contributed by atoms with E-state index in [9.17, 15) is 14.0 Å². The molecule has 2 aromatic carbocycles. The van der Waals surface area contributed by atoms with Crippen LogP contribution < -0.4 is 5.32 Å². The Hall–Kier alpha value is -2.21. The Balaban J connectivity index is 2.24. The summed E-state index contributed by atoms with van der Waals surface area (Å²) in [6.45, 7) is 0. The first kappa shape index (κ1) is 14.2. The monoisotopic (exact) mass is 337 g/mol. The van der Waals surface area contributed by atoms with Crippen molar-refractivity contribution in [2.45, 2.75) is 0 Å². The van der Waals surface area contributed by atoms with Gasteiger partial charge in [0.2, 0.25) is 0 Å². The lowest BCUT2D eigenvalue weighted by Gasteiger charge is -2.07.